The van der Waals surface area contributed by atoms with E-state index in [1.54, 1.807) is 43.0 Å². The lowest BCUT2D eigenvalue weighted by molar-refractivity contribution is -0.148. The highest BCUT2D eigenvalue weighted by Crippen LogP contribution is 2.39. The average Bonchev–Trinajstić information content (AvgIpc) is 3.21. The number of aliphatic imine (C=N–C) groups is 2. The molecule has 1 aromatic carbocycles. The molecule has 0 aliphatic carbocycles. The van der Waals surface area contributed by atoms with Crippen molar-refractivity contribution in [2.24, 2.45) is 27.6 Å². The molecule has 2 atom stereocenters. The number of anilines is 2. The molecular weight excluding hydrogens is 558 g/mol. The lowest BCUT2D eigenvalue weighted by Gasteiger charge is -2.37. The summed E-state index contributed by atoms with van der Waals surface area (Å²) in [7, 11) is 0. The maximum absolute atomic E-state index is 13.2. The Kier molecular flexibility index (Phi) is 11.5. The number of nitrogens with two attached hydrogens (primary N) is 2. The number of nitrogens with zero attached hydrogens (tertiary/aromatic N) is 3. The Labute approximate surface area is 249 Å². The summed E-state index contributed by atoms with van der Waals surface area (Å²) in [6.07, 6.45) is 2.21. The summed E-state index contributed by atoms with van der Waals surface area (Å²) in [5.41, 5.74) is 11.4. The summed E-state index contributed by atoms with van der Waals surface area (Å²) in [5, 5.41) is 14.4. The maximum atomic E-state index is 13.2. The van der Waals surface area contributed by atoms with Crippen LogP contribution in [0.1, 0.15) is 65.2 Å². The molecule has 0 saturated carbocycles. The van der Waals surface area contributed by atoms with Gasteiger partial charge in [0.05, 0.1) is 5.92 Å². The first-order valence-corrected chi connectivity index (χ1v) is 14.3. The van der Waals surface area contributed by atoms with Crippen LogP contribution in [0.25, 0.3) is 0 Å². The number of fused-ring (bicyclic) bond motifs is 2. The average molecular weight is 598 g/mol. The van der Waals surface area contributed by atoms with Crippen LogP contribution < -0.4 is 22.1 Å². The number of primary amides is 1. The smallest absolute Gasteiger partial charge is 0.312 e. The van der Waals surface area contributed by atoms with Gasteiger partial charge in [-0.15, -0.1) is 0 Å². The van der Waals surface area contributed by atoms with Crippen LogP contribution in [0.15, 0.2) is 34.3 Å². The quantitative estimate of drug-likeness (QED) is 0.135. The molecule has 1 aromatic rings. The van der Waals surface area contributed by atoms with Crippen molar-refractivity contribution in [1.29, 1.82) is 0 Å². The highest BCUT2D eigenvalue weighted by atomic mass is 16.4. The van der Waals surface area contributed by atoms with Crippen LogP contribution in [0.5, 0.6) is 0 Å². The first kappa shape index (κ1) is 32.9. The SMILES string of the molecule is CC(C)C(=NC(=O)CCC(=O)N1C2CCC1CC(C(=O)O)C2)C(=O)N=C(CCCNC(N)=O)C(=O)Nc1ccc(N)cc1. The van der Waals surface area contributed by atoms with Crippen molar-refractivity contribution in [3.05, 3.63) is 24.3 Å². The van der Waals surface area contributed by atoms with Gasteiger partial charge in [0, 0.05) is 48.8 Å². The molecule has 2 aliphatic rings. The molecule has 0 aromatic heterocycles. The first-order chi connectivity index (χ1) is 20.3. The van der Waals surface area contributed by atoms with Gasteiger partial charge in [0.25, 0.3) is 11.8 Å². The number of nitrogens with one attached hydrogen (secondary N) is 2. The van der Waals surface area contributed by atoms with Crippen LogP contribution in [-0.2, 0) is 24.0 Å². The van der Waals surface area contributed by atoms with E-state index in [2.05, 4.69) is 20.6 Å². The predicted molar refractivity (Wildman–Crippen MR) is 159 cm³/mol. The van der Waals surface area contributed by atoms with E-state index in [4.69, 9.17) is 11.5 Å². The Balaban J connectivity index is 1.69. The number of benzene rings is 1. The molecule has 14 heteroatoms. The summed E-state index contributed by atoms with van der Waals surface area (Å²) in [6, 6.07) is 5.33. The summed E-state index contributed by atoms with van der Waals surface area (Å²) in [4.78, 5) is 83.9. The van der Waals surface area contributed by atoms with E-state index in [-0.39, 0.29) is 61.6 Å². The monoisotopic (exact) mass is 597 g/mol. The van der Waals surface area contributed by atoms with Crippen LogP contribution in [-0.4, -0.2) is 75.7 Å². The Bertz CT molecular complexity index is 1290. The van der Waals surface area contributed by atoms with E-state index in [0.29, 0.717) is 24.2 Å². The molecule has 2 fully saturated rings. The Morgan fingerprint density at radius 3 is 2.16 bits per heavy atom. The Hall–Kier alpha value is -4.62. The van der Waals surface area contributed by atoms with Gasteiger partial charge in [0.2, 0.25) is 11.8 Å². The number of rotatable bonds is 12. The van der Waals surface area contributed by atoms with Crippen LogP contribution in [0.4, 0.5) is 16.2 Å². The molecule has 2 bridgehead atoms. The number of carboxylic acids is 1. The summed E-state index contributed by atoms with van der Waals surface area (Å²) in [6.45, 7) is 3.45. The van der Waals surface area contributed by atoms with Crippen molar-refractivity contribution in [2.45, 2.75) is 77.3 Å². The van der Waals surface area contributed by atoms with E-state index >= 15 is 0 Å². The summed E-state index contributed by atoms with van der Waals surface area (Å²) in [5.74, 6) is -4.26. The van der Waals surface area contributed by atoms with E-state index in [1.165, 1.54) is 0 Å². The number of urea groups is 1. The molecule has 7 N–H and O–H groups in total. The lowest BCUT2D eigenvalue weighted by Crippen LogP contribution is -2.47. The fraction of sp³-hybridized carbons (Fsp3) is 0.517. The van der Waals surface area contributed by atoms with Gasteiger partial charge >= 0.3 is 12.0 Å². The number of nitrogen functional groups attached to an aromatic ring is 1. The molecule has 2 saturated heterocycles. The van der Waals surface area contributed by atoms with Crippen molar-refractivity contribution >= 4 is 58.4 Å². The van der Waals surface area contributed by atoms with Gasteiger partial charge in [-0.25, -0.2) is 14.8 Å². The van der Waals surface area contributed by atoms with E-state index in [1.807, 2.05) is 0 Å². The maximum Gasteiger partial charge on any atom is 0.312 e. The zero-order valence-corrected chi connectivity index (χ0v) is 24.4. The van der Waals surface area contributed by atoms with Gasteiger partial charge in [-0.2, -0.15) is 0 Å². The second-order valence-electron chi connectivity index (χ2n) is 11.1. The fourth-order valence-electron chi connectivity index (χ4n) is 5.38. The third-order valence-electron chi connectivity index (χ3n) is 7.49. The molecule has 2 aliphatic heterocycles. The van der Waals surface area contributed by atoms with Crippen molar-refractivity contribution in [2.75, 3.05) is 17.6 Å². The number of carboxylic acid groups (broad SMARTS) is 1. The number of hydrogen-bond donors (Lipinski definition) is 5. The molecule has 43 heavy (non-hydrogen) atoms. The van der Waals surface area contributed by atoms with Gasteiger partial charge in [-0.05, 0) is 62.8 Å². The van der Waals surface area contributed by atoms with Crippen LogP contribution in [0.2, 0.25) is 0 Å². The van der Waals surface area contributed by atoms with Crippen LogP contribution in [0.3, 0.4) is 0 Å². The molecule has 0 radical (unpaired) electrons. The van der Waals surface area contributed by atoms with Crippen molar-refractivity contribution in [3.8, 4) is 0 Å². The molecule has 232 valence electrons. The zero-order valence-electron chi connectivity index (χ0n) is 24.4. The number of hydrogen-bond acceptors (Lipinski definition) is 7. The molecule has 14 nitrogen and oxygen atoms in total. The second kappa shape index (κ2) is 15.0. The van der Waals surface area contributed by atoms with E-state index < -0.39 is 41.6 Å². The van der Waals surface area contributed by atoms with Gasteiger partial charge in [0.1, 0.15) is 11.4 Å². The number of amides is 6. The molecule has 3 rings (SSSR count). The lowest BCUT2D eigenvalue weighted by atomic mass is 9.90. The highest BCUT2D eigenvalue weighted by molar-refractivity contribution is 6.50. The minimum atomic E-state index is -0.867. The topological polar surface area (TPSA) is 227 Å². The summed E-state index contributed by atoms with van der Waals surface area (Å²) >= 11 is 0. The standard InChI is InChI=1S/C29H39N7O7/c1-16(2)25(35-23(37)11-12-24(38)36-20-9-10-21(36)15-17(14-20)28(41)42)27(40)34-22(4-3-13-32-29(31)43)26(39)33-19-7-5-18(30)6-8-19/h5-8,16-17,20-21H,3-4,9-15,30H2,1-2H3,(H,33,39)(H,41,42)(H3,31,32,43). The van der Waals surface area contributed by atoms with Gasteiger partial charge in [-0.1, -0.05) is 13.8 Å². The molecule has 2 heterocycles. The fourth-order valence-corrected chi connectivity index (χ4v) is 5.38. The third kappa shape index (κ3) is 9.45. The number of carbonyl (C=O) groups is 6. The van der Waals surface area contributed by atoms with Gasteiger partial charge in [0.15, 0.2) is 0 Å². The first-order valence-electron chi connectivity index (χ1n) is 14.3. The van der Waals surface area contributed by atoms with E-state index in [9.17, 15) is 33.9 Å². The highest BCUT2D eigenvalue weighted by Gasteiger charge is 2.44. The van der Waals surface area contributed by atoms with E-state index in [0.717, 1.165) is 12.8 Å². The third-order valence-corrected chi connectivity index (χ3v) is 7.49. The molecule has 2 unspecified atom stereocenters. The number of piperidine rings is 1. The van der Waals surface area contributed by atoms with Crippen LogP contribution in [0, 0.1) is 11.8 Å². The molecular formula is C29H39N7O7. The number of aliphatic carboxylic acids is 1. The molecule has 0 spiro atoms. The van der Waals surface area contributed by atoms with Gasteiger partial charge in [-0.3, -0.25) is 24.0 Å². The normalized spacial score (nSPS) is 20.1. The molecule has 6 amide bonds. The van der Waals surface area contributed by atoms with Crippen molar-refractivity contribution in [1.82, 2.24) is 10.2 Å². The van der Waals surface area contributed by atoms with Crippen molar-refractivity contribution in [3.63, 3.8) is 0 Å². The summed E-state index contributed by atoms with van der Waals surface area (Å²) < 4.78 is 0. The minimum absolute atomic E-state index is 0.0154. The minimum Gasteiger partial charge on any atom is -0.481 e. The Morgan fingerprint density at radius 2 is 1.60 bits per heavy atom. The Morgan fingerprint density at radius 1 is 0.977 bits per heavy atom. The van der Waals surface area contributed by atoms with Crippen LogP contribution >= 0.6 is 0 Å². The van der Waals surface area contributed by atoms with Gasteiger partial charge < -0.3 is 32.1 Å². The largest absolute Gasteiger partial charge is 0.481 e. The van der Waals surface area contributed by atoms with Crippen molar-refractivity contribution < 1.29 is 33.9 Å². The predicted octanol–water partition coefficient (Wildman–Crippen LogP) is 1.88. The second-order valence-corrected chi connectivity index (χ2v) is 11.1. The number of carbonyl (C=O) groups excluding carboxylic acids is 5. The zero-order chi connectivity index (χ0) is 31.7.